The van der Waals surface area contributed by atoms with Gasteiger partial charge >= 0.3 is 5.97 Å². The fraction of sp³-hybridized carbons (Fsp3) is 0.294. The fourth-order valence-electron chi connectivity index (χ4n) is 2.24. The summed E-state index contributed by atoms with van der Waals surface area (Å²) < 4.78 is 6.62. The average molecular weight is 358 g/mol. The summed E-state index contributed by atoms with van der Waals surface area (Å²) in [6.45, 7) is -0.530. The second-order valence-electron chi connectivity index (χ2n) is 5.92. The van der Waals surface area contributed by atoms with Crippen molar-refractivity contribution in [2.24, 2.45) is 5.92 Å². The first-order valence-corrected chi connectivity index (χ1v) is 8.08. The number of amides is 2. The highest BCUT2D eigenvalue weighted by atomic mass is 16.5. The van der Waals surface area contributed by atoms with E-state index in [0.29, 0.717) is 11.4 Å². The largest absolute Gasteiger partial charge is 0.484 e. The number of hydrogen-bond donors (Lipinski definition) is 3. The Morgan fingerprint density at radius 2 is 2.04 bits per heavy atom. The van der Waals surface area contributed by atoms with Crippen LogP contribution in [0.2, 0.25) is 0 Å². The number of nitrogens with one attached hydrogen (secondary N) is 2. The first-order valence-electron chi connectivity index (χ1n) is 8.08. The van der Waals surface area contributed by atoms with Crippen molar-refractivity contribution in [1.82, 2.24) is 9.78 Å². The lowest BCUT2D eigenvalue weighted by Crippen LogP contribution is -2.21. The SMILES string of the molecule is O=C(O)Cn1ccc(NC(=O)COc2cccc(NC(=O)C3CC3)c2)n1. The van der Waals surface area contributed by atoms with E-state index in [1.54, 1.807) is 24.3 Å². The zero-order chi connectivity index (χ0) is 18.5. The van der Waals surface area contributed by atoms with E-state index in [-0.39, 0.29) is 30.8 Å². The Hall–Kier alpha value is -3.36. The van der Waals surface area contributed by atoms with Gasteiger partial charge in [-0.1, -0.05) is 6.07 Å². The third kappa shape index (κ3) is 5.07. The minimum absolute atomic E-state index is 0.00293. The molecule has 1 aliphatic carbocycles. The van der Waals surface area contributed by atoms with Crippen molar-refractivity contribution >= 4 is 29.3 Å². The molecule has 0 spiro atoms. The van der Waals surface area contributed by atoms with Crippen molar-refractivity contribution in [2.45, 2.75) is 19.4 Å². The number of carboxylic acids is 1. The Balaban J connectivity index is 1.48. The molecule has 1 aromatic carbocycles. The molecule has 9 heteroatoms. The highest BCUT2D eigenvalue weighted by molar-refractivity contribution is 5.94. The summed E-state index contributed by atoms with van der Waals surface area (Å²) in [7, 11) is 0. The number of anilines is 2. The molecule has 9 nitrogen and oxygen atoms in total. The highest BCUT2D eigenvalue weighted by Gasteiger charge is 2.29. The van der Waals surface area contributed by atoms with Crippen LogP contribution in [0.15, 0.2) is 36.5 Å². The van der Waals surface area contributed by atoms with Crippen molar-refractivity contribution in [1.29, 1.82) is 0 Å². The van der Waals surface area contributed by atoms with Gasteiger partial charge in [-0.15, -0.1) is 0 Å². The zero-order valence-electron chi connectivity index (χ0n) is 13.8. The van der Waals surface area contributed by atoms with Crippen molar-refractivity contribution in [3.63, 3.8) is 0 Å². The molecular weight excluding hydrogens is 340 g/mol. The van der Waals surface area contributed by atoms with Crippen molar-refractivity contribution < 1.29 is 24.2 Å². The Morgan fingerprint density at radius 3 is 2.77 bits per heavy atom. The zero-order valence-corrected chi connectivity index (χ0v) is 13.8. The van der Waals surface area contributed by atoms with Crippen molar-refractivity contribution in [3.8, 4) is 5.75 Å². The monoisotopic (exact) mass is 358 g/mol. The molecule has 1 aromatic heterocycles. The molecule has 0 bridgehead atoms. The van der Waals surface area contributed by atoms with Gasteiger partial charge in [-0.05, 0) is 25.0 Å². The molecular formula is C17H18N4O5. The van der Waals surface area contributed by atoms with E-state index in [4.69, 9.17) is 9.84 Å². The van der Waals surface area contributed by atoms with Crippen LogP contribution in [0, 0.1) is 5.92 Å². The Kier molecular flexibility index (Phi) is 5.16. The second-order valence-corrected chi connectivity index (χ2v) is 5.92. The molecule has 136 valence electrons. The van der Waals surface area contributed by atoms with Gasteiger partial charge in [0.25, 0.3) is 5.91 Å². The summed E-state index contributed by atoms with van der Waals surface area (Å²) >= 11 is 0. The lowest BCUT2D eigenvalue weighted by molar-refractivity contribution is -0.137. The fourth-order valence-corrected chi connectivity index (χ4v) is 2.24. The summed E-state index contributed by atoms with van der Waals surface area (Å²) in [5.74, 6) is -0.667. The number of carboxylic acid groups (broad SMARTS) is 1. The molecule has 0 atom stereocenters. The number of carbonyl (C=O) groups excluding carboxylic acids is 2. The maximum absolute atomic E-state index is 11.9. The van der Waals surface area contributed by atoms with E-state index in [0.717, 1.165) is 12.8 Å². The number of hydrogen-bond acceptors (Lipinski definition) is 5. The van der Waals surface area contributed by atoms with Gasteiger partial charge in [0.1, 0.15) is 12.3 Å². The van der Waals surface area contributed by atoms with Gasteiger partial charge in [0, 0.05) is 29.9 Å². The summed E-state index contributed by atoms with van der Waals surface area (Å²) in [6, 6.07) is 8.30. The van der Waals surface area contributed by atoms with Gasteiger partial charge in [0.05, 0.1) is 0 Å². The van der Waals surface area contributed by atoms with E-state index in [9.17, 15) is 14.4 Å². The summed E-state index contributed by atoms with van der Waals surface area (Å²) in [5.41, 5.74) is 0.618. The minimum Gasteiger partial charge on any atom is -0.484 e. The number of nitrogens with zero attached hydrogens (tertiary/aromatic N) is 2. The van der Waals surface area contributed by atoms with Gasteiger partial charge in [-0.25, -0.2) is 0 Å². The summed E-state index contributed by atoms with van der Waals surface area (Å²) in [6.07, 6.45) is 3.30. The van der Waals surface area contributed by atoms with Crippen LogP contribution in [0.25, 0.3) is 0 Å². The van der Waals surface area contributed by atoms with Crippen LogP contribution in [0.5, 0.6) is 5.75 Å². The number of aliphatic carboxylic acids is 1. The van der Waals surface area contributed by atoms with Crippen LogP contribution in [-0.2, 0) is 20.9 Å². The van der Waals surface area contributed by atoms with Crippen LogP contribution in [0.4, 0.5) is 11.5 Å². The normalized spacial score (nSPS) is 13.1. The molecule has 26 heavy (non-hydrogen) atoms. The number of aromatic nitrogens is 2. The van der Waals surface area contributed by atoms with E-state index in [2.05, 4.69) is 15.7 Å². The van der Waals surface area contributed by atoms with E-state index in [1.165, 1.54) is 16.9 Å². The number of benzene rings is 1. The Bertz CT molecular complexity index is 828. The lowest BCUT2D eigenvalue weighted by atomic mass is 10.3. The van der Waals surface area contributed by atoms with Gasteiger partial charge in [-0.2, -0.15) is 5.10 Å². The number of carbonyl (C=O) groups is 3. The molecule has 1 aliphatic rings. The van der Waals surface area contributed by atoms with Gasteiger partial charge in [-0.3, -0.25) is 19.1 Å². The highest BCUT2D eigenvalue weighted by Crippen LogP contribution is 2.30. The van der Waals surface area contributed by atoms with E-state index in [1.807, 2.05) is 0 Å². The predicted molar refractivity (Wildman–Crippen MR) is 91.8 cm³/mol. The quantitative estimate of drug-likeness (QED) is 0.654. The van der Waals surface area contributed by atoms with Crippen LogP contribution in [-0.4, -0.2) is 39.3 Å². The third-order valence-corrected chi connectivity index (χ3v) is 3.63. The topological polar surface area (TPSA) is 123 Å². The van der Waals surface area contributed by atoms with Gasteiger partial charge in [0.2, 0.25) is 5.91 Å². The van der Waals surface area contributed by atoms with Crippen LogP contribution in [0.3, 0.4) is 0 Å². The van der Waals surface area contributed by atoms with Crippen LogP contribution >= 0.6 is 0 Å². The summed E-state index contributed by atoms with van der Waals surface area (Å²) in [4.78, 5) is 34.3. The number of ether oxygens (including phenoxy) is 1. The Labute approximate surface area is 149 Å². The van der Waals surface area contributed by atoms with Gasteiger partial charge in [0.15, 0.2) is 12.4 Å². The third-order valence-electron chi connectivity index (χ3n) is 3.63. The standard InChI is InChI=1S/C17H18N4O5/c22-15(19-14-6-7-21(20-14)9-16(23)24)10-26-13-3-1-2-12(8-13)18-17(25)11-4-5-11/h1-3,6-8,11H,4-5,9-10H2,(H,18,25)(H,23,24)(H,19,20,22). The molecule has 3 rings (SSSR count). The molecule has 2 aromatic rings. The first kappa shape index (κ1) is 17.5. The maximum atomic E-state index is 11.9. The molecule has 0 unspecified atom stereocenters. The molecule has 1 saturated carbocycles. The lowest BCUT2D eigenvalue weighted by Gasteiger charge is -2.09. The predicted octanol–water partition coefficient (Wildman–Crippen LogP) is 1.33. The van der Waals surface area contributed by atoms with Crippen LogP contribution in [0.1, 0.15) is 12.8 Å². The molecule has 3 N–H and O–H groups in total. The second kappa shape index (κ2) is 7.68. The van der Waals surface area contributed by atoms with E-state index < -0.39 is 11.9 Å². The minimum atomic E-state index is -1.03. The molecule has 1 heterocycles. The molecule has 0 saturated heterocycles. The van der Waals surface area contributed by atoms with Crippen LogP contribution < -0.4 is 15.4 Å². The average Bonchev–Trinajstić information content (AvgIpc) is 3.36. The Morgan fingerprint density at radius 1 is 1.23 bits per heavy atom. The maximum Gasteiger partial charge on any atom is 0.325 e. The molecule has 0 aliphatic heterocycles. The van der Waals surface area contributed by atoms with Crippen molar-refractivity contribution in [2.75, 3.05) is 17.2 Å². The van der Waals surface area contributed by atoms with E-state index >= 15 is 0 Å². The smallest absolute Gasteiger partial charge is 0.325 e. The van der Waals surface area contributed by atoms with Crippen molar-refractivity contribution in [3.05, 3.63) is 36.5 Å². The molecule has 1 fully saturated rings. The molecule has 2 amide bonds. The first-order chi connectivity index (χ1) is 12.5. The number of rotatable bonds is 8. The molecule has 0 radical (unpaired) electrons. The van der Waals surface area contributed by atoms with Gasteiger partial charge < -0.3 is 20.5 Å². The summed E-state index contributed by atoms with van der Waals surface area (Å²) in [5, 5.41) is 17.9.